The summed E-state index contributed by atoms with van der Waals surface area (Å²) in [6.45, 7) is 3.64. The number of hydrogen-bond acceptors (Lipinski definition) is 14. The topological polar surface area (TPSA) is 193 Å². The molecule has 3 aliphatic heterocycles. The summed E-state index contributed by atoms with van der Waals surface area (Å²) in [5, 5.41) is 13.8. The molecule has 0 unspecified atom stereocenters. The number of nitro benzene ring substituents is 1. The molecule has 5 aromatic carbocycles. The van der Waals surface area contributed by atoms with Crippen molar-refractivity contribution in [2.45, 2.75) is 21.3 Å². The normalized spacial score (nSPS) is 19.0. The Morgan fingerprint density at radius 3 is 1.28 bits per heavy atom. The lowest BCUT2D eigenvalue weighted by Gasteiger charge is -2.33. The van der Waals surface area contributed by atoms with E-state index in [4.69, 9.17) is 14.2 Å². The van der Waals surface area contributed by atoms with Gasteiger partial charge < -0.3 is 28.9 Å². The Balaban J connectivity index is 1.41. The van der Waals surface area contributed by atoms with Crippen molar-refractivity contribution in [3.8, 4) is 17.2 Å². The van der Waals surface area contributed by atoms with Crippen molar-refractivity contribution in [3.63, 3.8) is 0 Å². The molecule has 0 aliphatic carbocycles. The molecule has 3 aliphatic rings. The third-order valence-corrected chi connectivity index (χ3v) is 18.0. The van der Waals surface area contributed by atoms with Gasteiger partial charge in [0.25, 0.3) is 5.69 Å². The van der Waals surface area contributed by atoms with Crippen LogP contribution in [-0.2, 0) is 36.7 Å². The Hall–Kier alpha value is -4.45. The van der Waals surface area contributed by atoms with E-state index in [1.165, 1.54) is 51.4 Å². The lowest BCUT2D eigenvalue weighted by atomic mass is 9.93. The van der Waals surface area contributed by atoms with Crippen LogP contribution in [0.4, 0.5) is 5.69 Å². The molecule has 3 fully saturated rings. The first-order valence-electron chi connectivity index (χ1n) is 19.8. The molecule has 3 saturated heterocycles. The number of ether oxygens (including phenoxy) is 3. The molecule has 0 saturated carbocycles. The largest absolute Gasteiger partial charge is 0.493 e. The average molecular weight is 900 g/mol. The van der Waals surface area contributed by atoms with Crippen molar-refractivity contribution >= 4 is 68.1 Å². The van der Waals surface area contributed by atoms with Gasteiger partial charge in [-0.3, -0.25) is 10.1 Å². The fraction of sp³-hybridized carbons (Fsp3) is 0.450. The van der Waals surface area contributed by atoms with Gasteiger partial charge in [-0.1, -0.05) is 18.2 Å². The standard InChI is InChI=1S/C40H49N7O11S3/c1-41-10-16-44(17-11-41)59(50,51)36-24-33(58-26-27-22-34(56-4)35(57-5)23-32(27)47(48)49)28-6-7-30-37(60(52,53)45-18-12-42(2)13-19-45)25-38(31-9-8-29(36)39(28)40(30)31)61(54,55)46-20-14-43(3)15-21-46/h6-9,22-25H,10-21,26H2,1-5H3. The minimum Gasteiger partial charge on any atom is -0.493 e. The van der Waals surface area contributed by atoms with Crippen LogP contribution in [0.15, 0.2) is 63.2 Å². The molecular weight excluding hydrogens is 851 g/mol. The van der Waals surface area contributed by atoms with E-state index in [0.29, 0.717) is 44.7 Å². The van der Waals surface area contributed by atoms with Gasteiger partial charge in [0.15, 0.2) is 11.5 Å². The highest BCUT2D eigenvalue weighted by Crippen LogP contribution is 2.47. The molecular formula is C40H49N7O11S3. The zero-order valence-corrected chi connectivity index (χ0v) is 37.1. The minimum absolute atomic E-state index is 0.0366. The zero-order valence-electron chi connectivity index (χ0n) is 34.7. The molecule has 8 rings (SSSR count). The van der Waals surface area contributed by atoms with Crippen LogP contribution in [0.2, 0.25) is 0 Å². The Morgan fingerprint density at radius 1 is 0.525 bits per heavy atom. The summed E-state index contributed by atoms with van der Waals surface area (Å²) in [6, 6.07) is 11.7. The minimum atomic E-state index is -4.31. The smallest absolute Gasteiger partial charge is 0.280 e. The zero-order chi connectivity index (χ0) is 43.6. The number of nitrogens with zero attached hydrogens (tertiary/aromatic N) is 7. The molecule has 5 aromatic rings. The predicted octanol–water partition coefficient (Wildman–Crippen LogP) is 2.90. The van der Waals surface area contributed by atoms with E-state index in [-0.39, 0.29) is 109 Å². The maximum atomic E-state index is 14.8. The first kappa shape index (κ1) is 43.2. The molecule has 0 amide bonds. The van der Waals surface area contributed by atoms with Gasteiger partial charge in [0.2, 0.25) is 30.1 Å². The molecule has 18 nitrogen and oxygen atoms in total. The third-order valence-electron chi connectivity index (χ3n) is 12.2. The highest BCUT2D eigenvalue weighted by molar-refractivity contribution is 7.90. The Morgan fingerprint density at radius 2 is 0.885 bits per heavy atom. The quantitative estimate of drug-likeness (QED) is 0.101. The van der Waals surface area contributed by atoms with Crippen LogP contribution < -0.4 is 14.2 Å². The SMILES string of the molecule is COc1cc(COc2cc(S(=O)(=O)N3CCN(C)CC3)c3ccc4c(S(=O)(=O)N5CCN(C)CC5)cc(S(=O)(=O)N5CCN(C)CC5)c5ccc2c3c54)c([N+](=O)[O-])cc1OC. The van der Waals surface area contributed by atoms with Gasteiger partial charge in [0, 0.05) is 117 Å². The van der Waals surface area contributed by atoms with Gasteiger partial charge in [-0.25, -0.2) is 25.3 Å². The van der Waals surface area contributed by atoms with E-state index >= 15 is 0 Å². The van der Waals surface area contributed by atoms with E-state index in [1.807, 2.05) is 35.8 Å². The number of methoxy groups -OCH3 is 2. The molecule has 0 atom stereocenters. The maximum absolute atomic E-state index is 14.8. The van der Waals surface area contributed by atoms with E-state index in [1.54, 1.807) is 24.3 Å². The number of piperazine rings is 3. The highest BCUT2D eigenvalue weighted by atomic mass is 32.2. The van der Waals surface area contributed by atoms with E-state index < -0.39 is 41.6 Å². The first-order chi connectivity index (χ1) is 29.0. The summed E-state index contributed by atoms with van der Waals surface area (Å²) in [7, 11) is -4.43. The van der Waals surface area contributed by atoms with Crippen LogP contribution in [0.5, 0.6) is 17.2 Å². The summed E-state index contributed by atoms with van der Waals surface area (Å²) >= 11 is 0. The fourth-order valence-electron chi connectivity index (χ4n) is 8.48. The van der Waals surface area contributed by atoms with Crippen molar-refractivity contribution in [2.24, 2.45) is 0 Å². The Bertz CT molecular complexity index is 2780. The van der Waals surface area contributed by atoms with Gasteiger partial charge in [0.1, 0.15) is 12.4 Å². The summed E-state index contributed by atoms with van der Waals surface area (Å²) in [5.41, 5.74) is -0.212. The van der Waals surface area contributed by atoms with Gasteiger partial charge in [-0.15, -0.1) is 0 Å². The van der Waals surface area contributed by atoms with Crippen molar-refractivity contribution in [1.29, 1.82) is 0 Å². The van der Waals surface area contributed by atoms with Crippen molar-refractivity contribution in [1.82, 2.24) is 27.6 Å². The van der Waals surface area contributed by atoms with Gasteiger partial charge in [0.05, 0.1) is 45.5 Å². The molecule has 3 heterocycles. The molecule has 0 aromatic heterocycles. The number of benzene rings is 5. The predicted molar refractivity (Wildman–Crippen MR) is 229 cm³/mol. The van der Waals surface area contributed by atoms with Crippen molar-refractivity contribution in [3.05, 3.63) is 64.2 Å². The fourth-order valence-corrected chi connectivity index (χ4v) is 13.5. The molecule has 0 bridgehead atoms. The highest BCUT2D eigenvalue weighted by Gasteiger charge is 2.37. The molecule has 0 spiro atoms. The maximum Gasteiger partial charge on any atom is 0.280 e. The second-order valence-electron chi connectivity index (χ2n) is 15.8. The van der Waals surface area contributed by atoms with Gasteiger partial charge in [-0.05, 0) is 39.3 Å². The summed E-state index contributed by atoms with van der Waals surface area (Å²) < 4.78 is 110. The molecule has 21 heteroatoms. The number of likely N-dealkylation sites (N-methyl/N-ethyl adjacent to an activating group) is 3. The first-order valence-corrected chi connectivity index (χ1v) is 24.2. The van der Waals surface area contributed by atoms with Crippen LogP contribution in [0, 0.1) is 10.1 Å². The van der Waals surface area contributed by atoms with Gasteiger partial charge >= 0.3 is 0 Å². The number of sulfonamides is 3. The Labute approximate surface area is 355 Å². The molecule has 0 N–H and O–H groups in total. The third kappa shape index (κ3) is 7.62. The van der Waals surface area contributed by atoms with Crippen LogP contribution in [0.3, 0.4) is 0 Å². The molecule has 0 radical (unpaired) electrons. The number of hydrogen-bond donors (Lipinski definition) is 0. The summed E-state index contributed by atoms with van der Waals surface area (Å²) in [4.78, 5) is 17.2. The van der Waals surface area contributed by atoms with Crippen LogP contribution >= 0.6 is 0 Å². The summed E-state index contributed by atoms with van der Waals surface area (Å²) in [6.07, 6.45) is 0. The van der Waals surface area contributed by atoms with E-state index in [9.17, 15) is 35.4 Å². The summed E-state index contributed by atoms with van der Waals surface area (Å²) in [5.74, 6) is 0.379. The van der Waals surface area contributed by atoms with Crippen molar-refractivity contribution < 1.29 is 44.4 Å². The molecule has 61 heavy (non-hydrogen) atoms. The van der Waals surface area contributed by atoms with Crippen LogP contribution in [0.1, 0.15) is 5.56 Å². The number of nitro groups is 1. The van der Waals surface area contributed by atoms with Crippen LogP contribution in [0.25, 0.3) is 32.3 Å². The molecule has 328 valence electrons. The second kappa shape index (κ2) is 16.3. The van der Waals surface area contributed by atoms with Crippen LogP contribution in [-0.4, -0.2) is 172 Å². The second-order valence-corrected chi connectivity index (χ2v) is 21.5. The monoisotopic (exact) mass is 899 g/mol. The average Bonchev–Trinajstić information content (AvgIpc) is 3.24. The van der Waals surface area contributed by atoms with E-state index in [2.05, 4.69) is 0 Å². The number of rotatable bonds is 12. The Kier molecular flexibility index (Phi) is 11.6. The van der Waals surface area contributed by atoms with E-state index in [0.717, 1.165) is 0 Å². The van der Waals surface area contributed by atoms with Gasteiger partial charge in [-0.2, -0.15) is 12.9 Å². The lowest BCUT2D eigenvalue weighted by Crippen LogP contribution is -2.47. The van der Waals surface area contributed by atoms with Crippen molar-refractivity contribution in [2.75, 3.05) is 114 Å². The lowest BCUT2D eigenvalue weighted by molar-refractivity contribution is -0.385.